The predicted octanol–water partition coefficient (Wildman–Crippen LogP) is 16.8. The fraction of sp³-hybridized carbons (Fsp3) is 0.0571. The van der Waals surface area contributed by atoms with Gasteiger partial charge in [-0.3, -0.25) is 0 Å². The Morgan fingerprint density at radius 1 is 0.284 bits per heavy atom. The van der Waals surface area contributed by atoms with E-state index in [-0.39, 0.29) is 6.71 Å². The van der Waals surface area contributed by atoms with Crippen LogP contribution in [0.25, 0.3) is 72.0 Å². The van der Waals surface area contributed by atoms with Gasteiger partial charge >= 0.3 is 0 Å². The van der Waals surface area contributed by atoms with E-state index in [1.54, 1.807) is 0 Å². The van der Waals surface area contributed by atoms with E-state index < -0.39 is 0 Å². The summed E-state index contributed by atoms with van der Waals surface area (Å²) >= 11 is 0. The van der Waals surface area contributed by atoms with Crippen LogP contribution in [-0.2, 0) is 0 Å². The number of hydrogen-bond donors (Lipinski definition) is 0. The smallest absolute Gasteiger partial charge is 0.252 e. The Morgan fingerprint density at radius 2 is 0.622 bits per heavy atom. The molecule has 0 saturated heterocycles. The summed E-state index contributed by atoms with van der Waals surface area (Å²) in [5.74, 6) is 0. The van der Waals surface area contributed by atoms with Gasteiger partial charge in [-0.1, -0.05) is 182 Å². The van der Waals surface area contributed by atoms with Crippen molar-refractivity contribution in [3.63, 3.8) is 0 Å². The Bertz CT molecular complexity index is 3940. The number of anilines is 6. The number of rotatable bonds is 7. The standard InChI is InChI=1S/C70H52BN3/c1-45-17-5-9-21-56(45)49-29-35-53(36-30-49)72-66-39-33-51(58-23-11-7-19-47(58)3)41-62(66)71-63-42-52(59-24-12-8-20-48(59)4)34-40-67(63)73(54-37-31-50(32-38-54)57-22-10-6-18-46(57)2)69-44-55(43-68(72)70(69)71)74-64-27-15-13-25-60(64)61-26-14-16-28-65(61)74/h5-44H,1-4H3. The van der Waals surface area contributed by atoms with Gasteiger partial charge in [-0.25, -0.2) is 0 Å². The summed E-state index contributed by atoms with van der Waals surface area (Å²) in [6.45, 7) is 8.76. The minimum Gasteiger partial charge on any atom is -0.311 e. The fourth-order valence-corrected chi connectivity index (χ4v) is 12.4. The lowest BCUT2D eigenvalue weighted by molar-refractivity contribution is 1.16. The van der Waals surface area contributed by atoms with Crippen LogP contribution in [0.3, 0.4) is 0 Å². The quantitative estimate of drug-likeness (QED) is 0.148. The van der Waals surface area contributed by atoms with Crippen LogP contribution >= 0.6 is 0 Å². The average molecular weight is 946 g/mol. The Morgan fingerprint density at radius 3 is 1.01 bits per heavy atom. The highest BCUT2D eigenvalue weighted by atomic mass is 15.2. The molecule has 0 bridgehead atoms. The number of aryl methyl sites for hydroxylation is 4. The molecule has 74 heavy (non-hydrogen) atoms. The van der Waals surface area contributed by atoms with Gasteiger partial charge in [0, 0.05) is 44.9 Å². The number of aromatic nitrogens is 1. The number of nitrogens with zero attached hydrogens (tertiary/aromatic N) is 3. The largest absolute Gasteiger partial charge is 0.311 e. The van der Waals surface area contributed by atoms with Gasteiger partial charge < -0.3 is 14.4 Å². The summed E-state index contributed by atoms with van der Waals surface area (Å²) in [6, 6.07) is 90.7. The number of hydrogen-bond acceptors (Lipinski definition) is 2. The maximum atomic E-state index is 2.56. The summed E-state index contributed by atoms with van der Waals surface area (Å²) in [7, 11) is 0. The van der Waals surface area contributed by atoms with E-state index in [0.29, 0.717) is 0 Å². The van der Waals surface area contributed by atoms with Crippen LogP contribution in [0.4, 0.5) is 34.1 Å². The van der Waals surface area contributed by atoms with Crippen molar-refractivity contribution in [1.82, 2.24) is 4.57 Å². The zero-order chi connectivity index (χ0) is 49.6. The molecule has 0 saturated carbocycles. The molecule has 12 aromatic rings. The van der Waals surface area contributed by atoms with Crippen molar-refractivity contribution in [1.29, 1.82) is 0 Å². The lowest BCUT2D eigenvalue weighted by Gasteiger charge is -2.44. The van der Waals surface area contributed by atoms with Crippen molar-refractivity contribution in [3.8, 4) is 50.2 Å². The highest BCUT2D eigenvalue weighted by molar-refractivity contribution is 7.00. The normalized spacial score (nSPS) is 12.5. The van der Waals surface area contributed by atoms with Crippen LogP contribution in [0.2, 0.25) is 0 Å². The fourth-order valence-electron chi connectivity index (χ4n) is 12.4. The first-order chi connectivity index (χ1) is 36.4. The van der Waals surface area contributed by atoms with Crippen LogP contribution in [-0.4, -0.2) is 11.3 Å². The zero-order valence-electron chi connectivity index (χ0n) is 42.0. The molecule has 0 N–H and O–H groups in total. The second-order valence-corrected chi connectivity index (χ2v) is 20.3. The highest BCUT2D eigenvalue weighted by Crippen LogP contribution is 2.48. The van der Waals surface area contributed by atoms with Crippen molar-refractivity contribution in [2.75, 3.05) is 9.80 Å². The van der Waals surface area contributed by atoms with Crippen LogP contribution in [0.1, 0.15) is 22.3 Å². The summed E-state index contributed by atoms with van der Waals surface area (Å²) in [5, 5.41) is 2.48. The van der Waals surface area contributed by atoms with Crippen molar-refractivity contribution < 1.29 is 0 Å². The second-order valence-electron chi connectivity index (χ2n) is 20.3. The topological polar surface area (TPSA) is 11.4 Å². The van der Waals surface area contributed by atoms with Crippen LogP contribution in [0.15, 0.2) is 243 Å². The molecule has 3 heterocycles. The Hall–Kier alpha value is -9.12. The molecule has 0 amide bonds. The minimum absolute atomic E-state index is 0.102. The van der Waals surface area contributed by atoms with Gasteiger partial charge in [0.15, 0.2) is 0 Å². The number of fused-ring (bicyclic) bond motifs is 7. The van der Waals surface area contributed by atoms with Gasteiger partial charge in [-0.05, 0) is 172 Å². The molecular weight excluding hydrogens is 894 g/mol. The van der Waals surface area contributed by atoms with E-state index in [0.717, 1.165) is 28.4 Å². The van der Waals surface area contributed by atoms with E-state index >= 15 is 0 Å². The maximum Gasteiger partial charge on any atom is 0.252 e. The van der Waals surface area contributed by atoms with E-state index in [9.17, 15) is 0 Å². The molecule has 0 radical (unpaired) electrons. The van der Waals surface area contributed by atoms with Gasteiger partial charge in [-0.2, -0.15) is 0 Å². The first-order valence-electron chi connectivity index (χ1n) is 25.9. The predicted molar refractivity (Wildman–Crippen MR) is 315 cm³/mol. The molecule has 2 aliphatic heterocycles. The highest BCUT2D eigenvalue weighted by Gasteiger charge is 2.44. The summed E-state index contributed by atoms with van der Waals surface area (Å²) < 4.78 is 2.49. The van der Waals surface area contributed by atoms with Gasteiger partial charge in [0.25, 0.3) is 6.71 Å². The molecule has 350 valence electrons. The third-order valence-electron chi connectivity index (χ3n) is 16.0. The van der Waals surface area contributed by atoms with Gasteiger partial charge in [0.2, 0.25) is 0 Å². The van der Waals surface area contributed by atoms with Crippen LogP contribution < -0.4 is 26.2 Å². The van der Waals surface area contributed by atoms with E-state index in [4.69, 9.17) is 0 Å². The van der Waals surface area contributed by atoms with Crippen LogP contribution in [0.5, 0.6) is 0 Å². The molecule has 2 aliphatic rings. The molecule has 3 nitrogen and oxygen atoms in total. The zero-order valence-corrected chi connectivity index (χ0v) is 42.0. The molecule has 0 unspecified atom stereocenters. The van der Waals surface area contributed by atoms with Crippen molar-refractivity contribution in [2.45, 2.75) is 27.7 Å². The average Bonchev–Trinajstić information content (AvgIpc) is 3.78. The lowest BCUT2D eigenvalue weighted by Crippen LogP contribution is -2.61. The Kier molecular flexibility index (Phi) is 10.2. The number of benzene rings is 11. The summed E-state index contributed by atoms with van der Waals surface area (Å²) in [5.41, 5.74) is 29.1. The third-order valence-corrected chi connectivity index (χ3v) is 16.0. The van der Waals surface area contributed by atoms with Crippen molar-refractivity contribution in [2.24, 2.45) is 0 Å². The van der Waals surface area contributed by atoms with E-state index in [2.05, 4.69) is 285 Å². The summed E-state index contributed by atoms with van der Waals surface area (Å²) in [6.07, 6.45) is 0. The third kappa shape index (κ3) is 6.90. The monoisotopic (exact) mass is 945 g/mol. The lowest BCUT2D eigenvalue weighted by atomic mass is 9.33. The van der Waals surface area contributed by atoms with Crippen molar-refractivity contribution >= 4 is 79.0 Å². The molecule has 0 atom stereocenters. The van der Waals surface area contributed by atoms with E-state index in [1.165, 1.54) is 116 Å². The Balaban J connectivity index is 1.10. The van der Waals surface area contributed by atoms with Gasteiger partial charge in [-0.15, -0.1) is 0 Å². The SMILES string of the molecule is Cc1ccccc1-c1ccc(N2c3ccc(-c4ccccc4C)cc3B3c4cc(-c5ccccc5C)ccc4N(c4ccc(-c5ccccc5C)cc4)c4cc(-n5c6ccccc6c6ccccc65)cc2c43)cc1. The molecule has 0 spiro atoms. The van der Waals surface area contributed by atoms with E-state index in [1.807, 2.05) is 0 Å². The number of para-hydroxylation sites is 2. The van der Waals surface area contributed by atoms with Crippen LogP contribution in [0, 0.1) is 27.7 Å². The van der Waals surface area contributed by atoms with Gasteiger partial charge in [0.05, 0.1) is 16.7 Å². The first kappa shape index (κ1) is 43.7. The molecule has 4 heteroatoms. The molecule has 0 aliphatic carbocycles. The minimum atomic E-state index is -0.102. The molecule has 14 rings (SSSR count). The first-order valence-corrected chi connectivity index (χ1v) is 25.9. The molecular formula is C70H52BN3. The summed E-state index contributed by atoms with van der Waals surface area (Å²) in [4.78, 5) is 5.11. The van der Waals surface area contributed by atoms with Crippen molar-refractivity contribution in [3.05, 3.63) is 265 Å². The molecule has 11 aromatic carbocycles. The maximum absolute atomic E-state index is 2.56. The molecule has 1 aromatic heterocycles. The Labute approximate surface area is 434 Å². The molecule has 0 fully saturated rings. The second kappa shape index (κ2) is 17.3. The van der Waals surface area contributed by atoms with Gasteiger partial charge in [0.1, 0.15) is 0 Å².